The number of nitrogens with one attached hydrogen (secondary N) is 2. The average Bonchev–Trinajstić information content (AvgIpc) is 3.23. The van der Waals surface area contributed by atoms with Crippen molar-refractivity contribution in [3.05, 3.63) is 66.2 Å². The number of benzene rings is 2. The lowest BCUT2D eigenvalue weighted by Crippen LogP contribution is -2.41. The van der Waals surface area contributed by atoms with E-state index in [2.05, 4.69) is 50.9 Å². The van der Waals surface area contributed by atoms with E-state index < -0.39 is 0 Å². The summed E-state index contributed by atoms with van der Waals surface area (Å²) in [7, 11) is 1.83. The molecule has 1 aliphatic rings. The molecule has 5 heteroatoms. The van der Waals surface area contributed by atoms with Gasteiger partial charge in [0.1, 0.15) is 5.75 Å². The van der Waals surface area contributed by atoms with Gasteiger partial charge in [-0.15, -0.1) is 0 Å². The molecular weight excluding hydrogens is 360 g/mol. The summed E-state index contributed by atoms with van der Waals surface area (Å²) in [5.74, 6) is 2.49. The van der Waals surface area contributed by atoms with Crippen molar-refractivity contribution in [2.75, 3.05) is 46.4 Å². The second-order valence-corrected chi connectivity index (χ2v) is 7.59. The number of hydrogen-bond acceptors (Lipinski definition) is 3. The molecule has 2 aromatic carbocycles. The zero-order chi connectivity index (χ0) is 20.2. The zero-order valence-corrected chi connectivity index (χ0v) is 17.5. The molecule has 156 valence electrons. The van der Waals surface area contributed by atoms with Gasteiger partial charge in [-0.3, -0.25) is 4.99 Å². The molecule has 29 heavy (non-hydrogen) atoms. The van der Waals surface area contributed by atoms with E-state index in [1.807, 2.05) is 37.4 Å². The summed E-state index contributed by atoms with van der Waals surface area (Å²) in [6, 6.07) is 20.7. The Morgan fingerprint density at radius 1 is 1.07 bits per heavy atom. The Bertz CT molecular complexity index is 720. The molecule has 0 radical (unpaired) electrons. The highest BCUT2D eigenvalue weighted by atomic mass is 16.5. The number of likely N-dealkylation sites (tertiary alicyclic amines) is 1. The van der Waals surface area contributed by atoms with E-state index in [0.29, 0.717) is 12.5 Å². The Hall–Kier alpha value is -2.53. The van der Waals surface area contributed by atoms with Crippen LogP contribution in [0.2, 0.25) is 0 Å². The van der Waals surface area contributed by atoms with Gasteiger partial charge in [0.2, 0.25) is 0 Å². The molecule has 0 aliphatic carbocycles. The number of aliphatic imine (C=N–C) groups is 1. The lowest BCUT2D eigenvalue weighted by atomic mass is 10.1. The Kier molecular flexibility index (Phi) is 8.86. The summed E-state index contributed by atoms with van der Waals surface area (Å²) in [5, 5.41) is 6.87. The van der Waals surface area contributed by atoms with E-state index in [9.17, 15) is 0 Å². The number of hydrogen-bond donors (Lipinski definition) is 2. The molecular formula is C24H34N4O. The van der Waals surface area contributed by atoms with Gasteiger partial charge in [-0.05, 0) is 49.4 Å². The van der Waals surface area contributed by atoms with Gasteiger partial charge < -0.3 is 20.3 Å². The molecule has 0 bridgehead atoms. The third-order valence-corrected chi connectivity index (χ3v) is 5.34. The Labute approximate surface area is 175 Å². The predicted molar refractivity (Wildman–Crippen MR) is 121 cm³/mol. The fourth-order valence-corrected chi connectivity index (χ4v) is 3.66. The Morgan fingerprint density at radius 2 is 1.83 bits per heavy atom. The number of ether oxygens (including phenoxy) is 1. The average molecular weight is 395 g/mol. The molecule has 1 saturated heterocycles. The van der Waals surface area contributed by atoms with Crippen molar-refractivity contribution in [3.63, 3.8) is 0 Å². The minimum Gasteiger partial charge on any atom is -0.494 e. The molecule has 5 nitrogen and oxygen atoms in total. The maximum Gasteiger partial charge on any atom is 0.190 e. The minimum atomic E-state index is 0.686. The van der Waals surface area contributed by atoms with E-state index >= 15 is 0 Å². The van der Waals surface area contributed by atoms with Crippen LogP contribution in [0.5, 0.6) is 5.75 Å². The van der Waals surface area contributed by atoms with E-state index in [1.54, 1.807) is 0 Å². The number of nitrogens with zero attached hydrogens (tertiary/aromatic N) is 2. The van der Waals surface area contributed by atoms with Crippen LogP contribution in [0.15, 0.2) is 65.7 Å². The fourth-order valence-electron chi connectivity index (χ4n) is 3.66. The van der Waals surface area contributed by atoms with E-state index in [4.69, 9.17) is 4.74 Å². The van der Waals surface area contributed by atoms with Gasteiger partial charge in [-0.2, -0.15) is 0 Å². The second kappa shape index (κ2) is 12.1. The molecule has 0 amide bonds. The molecule has 1 fully saturated rings. The maximum atomic E-state index is 5.72. The number of rotatable bonds is 10. The van der Waals surface area contributed by atoms with Gasteiger partial charge in [0.15, 0.2) is 5.96 Å². The van der Waals surface area contributed by atoms with Gasteiger partial charge in [-0.25, -0.2) is 0 Å². The van der Waals surface area contributed by atoms with Crippen molar-refractivity contribution < 1.29 is 4.74 Å². The lowest BCUT2D eigenvalue weighted by Gasteiger charge is -2.17. The SMILES string of the molecule is CN=C(NCCCOc1ccccc1)NCC1CCN(CCc2ccccc2)C1. The normalized spacial score (nSPS) is 17.3. The molecule has 3 rings (SSSR count). The van der Waals surface area contributed by atoms with Gasteiger partial charge in [-0.1, -0.05) is 48.5 Å². The third-order valence-electron chi connectivity index (χ3n) is 5.34. The van der Waals surface area contributed by atoms with Gasteiger partial charge in [0.05, 0.1) is 6.61 Å². The zero-order valence-electron chi connectivity index (χ0n) is 17.5. The van der Waals surface area contributed by atoms with Crippen molar-refractivity contribution in [2.24, 2.45) is 10.9 Å². The van der Waals surface area contributed by atoms with Crippen LogP contribution in [0.3, 0.4) is 0 Å². The van der Waals surface area contributed by atoms with Crippen LogP contribution in [0.4, 0.5) is 0 Å². The summed E-state index contributed by atoms with van der Waals surface area (Å²) < 4.78 is 5.72. The highest BCUT2D eigenvalue weighted by molar-refractivity contribution is 5.79. The monoisotopic (exact) mass is 394 g/mol. The smallest absolute Gasteiger partial charge is 0.190 e. The largest absolute Gasteiger partial charge is 0.494 e. The molecule has 2 N–H and O–H groups in total. The van der Waals surface area contributed by atoms with Crippen LogP contribution in [0.25, 0.3) is 0 Å². The first-order valence-corrected chi connectivity index (χ1v) is 10.7. The van der Waals surface area contributed by atoms with Crippen molar-refractivity contribution >= 4 is 5.96 Å². The van der Waals surface area contributed by atoms with Crippen molar-refractivity contribution in [1.82, 2.24) is 15.5 Å². The van der Waals surface area contributed by atoms with Gasteiger partial charge in [0.25, 0.3) is 0 Å². The second-order valence-electron chi connectivity index (χ2n) is 7.59. The summed E-state index contributed by atoms with van der Waals surface area (Å²) in [4.78, 5) is 6.92. The van der Waals surface area contributed by atoms with Gasteiger partial charge in [0, 0.05) is 33.2 Å². The highest BCUT2D eigenvalue weighted by Crippen LogP contribution is 2.16. The third kappa shape index (κ3) is 7.78. The standard InChI is InChI=1S/C24H34N4O/c1-25-24(26-15-8-18-29-23-11-6-3-7-12-23)27-19-22-14-17-28(20-22)16-13-21-9-4-2-5-10-21/h2-7,9-12,22H,8,13-20H2,1H3,(H2,25,26,27). The topological polar surface area (TPSA) is 48.9 Å². The van der Waals surface area contributed by atoms with E-state index in [0.717, 1.165) is 44.2 Å². The Balaban J connectivity index is 1.25. The minimum absolute atomic E-state index is 0.686. The van der Waals surface area contributed by atoms with Crippen molar-refractivity contribution in [1.29, 1.82) is 0 Å². The fraction of sp³-hybridized carbons (Fsp3) is 0.458. The van der Waals surface area contributed by atoms with Crippen LogP contribution >= 0.6 is 0 Å². The summed E-state index contributed by atoms with van der Waals surface area (Å²) in [5.41, 5.74) is 1.43. The molecule has 1 aliphatic heterocycles. The number of guanidine groups is 1. The highest BCUT2D eigenvalue weighted by Gasteiger charge is 2.22. The molecule has 0 spiro atoms. The van der Waals surface area contributed by atoms with Crippen LogP contribution in [-0.2, 0) is 6.42 Å². The first-order valence-electron chi connectivity index (χ1n) is 10.7. The lowest BCUT2D eigenvalue weighted by molar-refractivity contribution is 0.311. The number of para-hydroxylation sites is 1. The molecule has 1 atom stereocenters. The van der Waals surface area contributed by atoms with E-state index in [1.165, 1.54) is 25.1 Å². The molecule has 1 heterocycles. The summed E-state index contributed by atoms with van der Waals surface area (Å²) in [6.45, 7) is 6.04. The first kappa shape index (κ1) is 21.2. The van der Waals surface area contributed by atoms with Crippen LogP contribution in [0.1, 0.15) is 18.4 Å². The first-order chi connectivity index (χ1) is 14.3. The Morgan fingerprint density at radius 3 is 2.59 bits per heavy atom. The molecule has 1 unspecified atom stereocenters. The molecule has 0 saturated carbocycles. The quantitative estimate of drug-likeness (QED) is 0.369. The van der Waals surface area contributed by atoms with Crippen LogP contribution in [-0.4, -0.2) is 57.2 Å². The maximum absolute atomic E-state index is 5.72. The van der Waals surface area contributed by atoms with E-state index in [-0.39, 0.29) is 0 Å². The molecule has 2 aromatic rings. The van der Waals surface area contributed by atoms with Crippen molar-refractivity contribution in [2.45, 2.75) is 19.3 Å². The molecule has 0 aromatic heterocycles. The summed E-state index contributed by atoms with van der Waals surface area (Å²) >= 11 is 0. The van der Waals surface area contributed by atoms with Gasteiger partial charge >= 0.3 is 0 Å². The predicted octanol–water partition coefficient (Wildman–Crippen LogP) is 3.19. The van der Waals surface area contributed by atoms with Crippen LogP contribution < -0.4 is 15.4 Å². The van der Waals surface area contributed by atoms with Crippen LogP contribution in [0, 0.1) is 5.92 Å². The summed E-state index contributed by atoms with van der Waals surface area (Å²) in [6.07, 6.45) is 3.32. The van der Waals surface area contributed by atoms with Crippen molar-refractivity contribution in [3.8, 4) is 5.75 Å².